The second-order valence-electron chi connectivity index (χ2n) is 6.07. The summed E-state index contributed by atoms with van der Waals surface area (Å²) in [7, 11) is 0. The maximum atomic E-state index is 6.26. The Hall–Kier alpha value is -0.150. The number of thiocarbonyl (C=S) groups is 1. The largest absolute Gasteiger partial charge is 0.348 e. The molecule has 0 aromatic carbocycles. The fourth-order valence-electron chi connectivity index (χ4n) is 3.13. The molecule has 92 valence electrons. The van der Waals surface area contributed by atoms with E-state index in [1.165, 1.54) is 0 Å². The Morgan fingerprint density at radius 2 is 1.94 bits per heavy atom. The van der Waals surface area contributed by atoms with E-state index in [4.69, 9.17) is 17.0 Å². The molecule has 2 aliphatic rings. The molecule has 0 N–H and O–H groups in total. The summed E-state index contributed by atoms with van der Waals surface area (Å²) >= 11 is 5.48. The van der Waals surface area contributed by atoms with Crippen molar-refractivity contribution in [1.29, 1.82) is 0 Å². The number of ether oxygens (including phenoxy) is 1. The summed E-state index contributed by atoms with van der Waals surface area (Å²) in [6, 6.07) is 0. The molecule has 1 unspecified atom stereocenters. The van der Waals surface area contributed by atoms with E-state index in [9.17, 15) is 0 Å². The van der Waals surface area contributed by atoms with Crippen LogP contribution in [0.4, 0.5) is 0 Å². The fourth-order valence-corrected chi connectivity index (χ4v) is 3.47. The van der Waals surface area contributed by atoms with Gasteiger partial charge in [-0.1, -0.05) is 33.0 Å². The third kappa shape index (κ3) is 1.25. The Kier molecular flexibility index (Phi) is 2.63. The third-order valence-electron chi connectivity index (χ3n) is 4.77. The molecular weight excluding hydrogens is 218 g/mol. The van der Waals surface area contributed by atoms with Crippen LogP contribution in [0.3, 0.4) is 0 Å². The number of likely N-dealkylation sites (tertiary alicyclic amines) is 1. The fraction of sp³-hybridized carbons (Fsp3) is 0.923. The van der Waals surface area contributed by atoms with Crippen LogP contribution in [0.5, 0.6) is 0 Å². The highest BCUT2D eigenvalue weighted by Gasteiger charge is 2.70. The first-order chi connectivity index (χ1) is 7.28. The molecule has 1 atom stereocenters. The van der Waals surface area contributed by atoms with Crippen molar-refractivity contribution in [3.05, 3.63) is 0 Å². The molecule has 2 rings (SSSR count). The third-order valence-corrected chi connectivity index (χ3v) is 5.19. The number of rotatable bonds is 2. The van der Waals surface area contributed by atoms with Gasteiger partial charge in [-0.3, -0.25) is 0 Å². The van der Waals surface area contributed by atoms with Crippen molar-refractivity contribution >= 4 is 17.2 Å². The first-order valence-electron chi connectivity index (χ1n) is 6.29. The molecular formula is C13H23NOS. The van der Waals surface area contributed by atoms with Gasteiger partial charge in [0.2, 0.25) is 0 Å². The van der Waals surface area contributed by atoms with Crippen molar-refractivity contribution < 1.29 is 4.74 Å². The number of nitrogens with zero attached hydrogens (tertiary/aromatic N) is 1. The van der Waals surface area contributed by atoms with Gasteiger partial charge < -0.3 is 9.64 Å². The van der Waals surface area contributed by atoms with E-state index in [1.54, 1.807) is 0 Å². The lowest BCUT2D eigenvalue weighted by Gasteiger charge is -2.67. The van der Waals surface area contributed by atoms with Gasteiger partial charge in [0, 0.05) is 24.8 Å². The van der Waals surface area contributed by atoms with E-state index in [0.717, 1.165) is 30.8 Å². The summed E-state index contributed by atoms with van der Waals surface area (Å²) in [5, 5.41) is 0. The van der Waals surface area contributed by atoms with E-state index in [1.807, 2.05) is 0 Å². The average molecular weight is 241 g/mol. The van der Waals surface area contributed by atoms with Gasteiger partial charge in [-0.25, -0.2) is 0 Å². The monoisotopic (exact) mass is 241 g/mol. The normalized spacial score (nSPS) is 35.6. The molecule has 0 aromatic rings. The van der Waals surface area contributed by atoms with Gasteiger partial charge in [-0.2, -0.15) is 0 Å². The highest BCUT2D eigenvalue weighted by Crippen LogP contribution is 2.62. The molecule has 0 aliphatic carbocycles. The zero-order valence-electron chi connectivity index (χ0n) is 11.1. The molecule has 2 heterocycles. The van der Waals surface area contributed by atoms with Crippen molar-refractivity contribution in [2.24, 2.45) is 5.41 Å². The Bertz CT molecular complexity index is 324. The van der Waals surface area contributed by atoms with Gasteiger partial charge in [-0.05, 0) is 20.3 Å². The molecule has 2 aliphatic heterocycles. The molecule has 3 heteroatoms. The van der Waals surface area contributed by atoms with Crippen molar-refractivity contribution in [3.8, 4) is 0 Å². The topological polar surface area (TPSA) is 12.5 Å². The molecule has 2 fully saturated rings. The molecule has 0 aromatic heterocycles. The van der Waals surface area contributed by atoms with Gasteiger partial charge in [0.1, 0.15) is 0 Å². The van der Waals surface area contributed by atoms with Gasteiger partial charge in [-0.15, -0.1) is 0 Å². The average Bonchev–Trinajstić information content (AvgIpc) is 2.48. The minimum Gasteiger partial charge on any atom is -0.348 e. The first kappa shape index (κ1) is 12.3. The Morgan fingerprint density at radius 1 is 1.31 bits per heavy atom. The van der Waals surface area contributed by atoms with Crippen molar-refractivity contribution in [1.82, 2.24) is 4.90 Å². The summed E-state index contributed by atoms with van der Waals surface area (Å²) in [4.78, 5) is 3.43. The number of hydrogen-bond acceptors (Lipinski definition) is 2. The van der Waals surface area contributed by atoms with E-state index >= 15 is 0 Å². The lowest BCUT2D eigenvalue weighted by Crippen LogP contribution is -2.76. The minimum absolute atomic E-state index is 0.0427. The SMILES string of the molecule is CCCN1C(=S)CCC12OC(C)(C)C2(C)C. The van der Waals surface area contributed by atoms with Crippen LogP contribution < -0.4 is 0 Å². The summed E-state index contributed by atoms with van der Waals surface area (Å²) < 4.78 is 6.26. The molecule has 0 saturated carbocycles. The van der Waals surface area contributed by atoms with Crippen LogP contribution in [0.2, 0.25) is 0 Å². The Morgan fingerprint density at radius 3 is 2.38 bits per heavy atom. The van der Waals surface area contributed by atoms with E-state index in [2.05, 4.69) is 39.5 Å². The summed E-state index contributed by atoms with van der Waals surface area (Å²) in [5.74, 6) is 0. The van der Waals surface area contributed by atoms with Crippen LogP contribution in [0.15, 0.2) is 0 Å². The van der Waals surface area contributed by atoms with Crippen molar-refractivity contribution in [2.75, 3.05) is 6.54 Å². The summed E-state index contributed by atoms with van der Waals surface area (Å²) in [5.41, 5.74) is -0.00172. The Labute approximate surface area is 104 Å². The van der Waals surface area contributed by atoms with Crippen LogP contribution in [-0.2, 0) is 4.74 Å². The summed E-state index contributed by atoms with van der Waals surface area (Å²) in [6.45, 7) is 12.2. The highest BCUT2D eigenvalue weighted by atomic mass is 32.1. The maximum Gasteiger partial charge on any atom is 0.150 e. The highest BCUT2D eigenvalue weighted by molar-refractivity contribution is 7.80. The van der Waals surface area contributed by atoms with E-state index in [-0.39, 0.29) is 16.7 Å². The molecule has 0 bridgehead atoms. The quantitative estimate of drug-likeness (QED) is 0.688. The van der Waals surface area contributed by atoms with E-state index in [0.29, 0.717) is 0 Å². The van der Waals surface area contributed by atoms with Crippen molar-refractivity contribution in [2.45, 2.75) is 65.2 Å². The maximum absolute atomic E-state index is 6.26. The van der Waals surface area contributed by atoms with Crippen LogP contribution in [0.1, 0.15) is 53.9 Å². The second-order valence-corrected chi connectivity index (χ2v) is 6.54. The molecule has 0 radical (unpaired) electrons. The van der Waals surface area contributed by atoms with E-state index < -0.39 is 0 Å². The van der Waals surface area contributed by atoms with Gasteiger partial charge in [0.05, 0.1) is 10.6 Å². The van der Waals surface area contributed by atoms with Gasteiger partial charge in [0.15, 0.2) is 5.72 Å². The van der Waals surface area contributed by atoms with Crippen LogP contribution in [0, 0.1) is 5.41 Å². The minimum atomic E-state index is -0.121. The lowest BCUT2D eigenvalue weighted by molar-refractivity contribution is -0.392. The van der Waals surface area contributed by atoms with Crippen LogP contribution in [0.25, 0.3) is 0 Å². The number of hydrogen-bond donors (Lipinski definition) is 0. The zero-order chi connectivity index (χ0) is 12.2. The Balaban J connectivity index is 2.30. The second kappa shape index (κ2) is 3.42. The van der Waals surface area contributed by atoms with Gasteiger partial charge >= 0.3 is 0 Å². The van der Waals surface area contributed by atoms with Crippen LogP contribution >= 0.6 is 12.2 Å². The molecule has 2 nitrogen and oxygen atoms in total. The molecule has 1 spiro atoms. The van der Waals surface area contributed by atoms with Gasteiger partial charge in [0.25, 0.3) is 0 Å². The predicted molar refractivity (Wildman–Crippen MR) is 70.5 cm³/mol. The molecule has 16 heavy (non-hydrogen) atoms. The predicted octanol–water partition coefficient (Wildman–Crippen LogP) is 3.35. The molecule has 2 saturated heterocycles. The van der Waals surface area contributed by atoms with Crippen LogP contribution in [-0.4, -0.2) is 27.8 Å². The van der Waals surface area contributed by atoms with Crippen molar-refractivity contribution in [3.63, 3.8) is 0 Å². The first-order valence-corrected chi connectivity index (χ1v) is 6.70. The molecule has 0 amide bonds. The smallest absolute Gasteiger partial charge is 0.150 e. The standard InChI is InChI=1S/C13H23NOS/c1-6-9-14-10(16)7-8-13(14)11(2,3)12(4,5)15-13/h6-9H2,1-5H3. The summed E-state index contributed by atoms with van der Waals surface area (Å²) in [6.07, 6.45) is 3.19. The zero-order valence-corrected chi connectivity index (χ0v) is 11.9. The lowest BCUT2D eigenvalue weighted by atomic mass is 9.62.